The van der Waals surface area contributed by atoms with Crippen molar-refractivity contribution in [1.82, 2.24) is 29.3 Å². The molecule has 4 aromatic heterocycles. The van der Waals surface area contributed by atoms with E-state index in [2.05, 4.69) is 30.5 Å². The number of aromatic nitrogens is 6. The van der Waals surface area contributed by atoms with Crippen molar-refractivity contribution in [2.24, 2.45) is 10.6 Å². The molecule has 0 aliphatic heterocycles. The molecule has 0 aliphatic rings. The first-order valence-electron chi connectivity index (χ1n) is 15.5. The molecule has 294 valence electrons. The third-order valence-electron chi connectivity index (χ3n) is 7.97. The van der Waals surface area contributed by atoms with Crippen molar-refractivity contribution in [1.29, 1.82) is 0 Å². The highest BCUT2D eigenvalue weighted by Crippen LogP contribution is 2.43. The number of fused-ring (bicyclic) bond motifs is 2. The maximum Gasteiger partial charge on any atom is 0.387 e. The number of hydrogen-bond acceptors (Lipinski definition) is 16. The first-order valence-corrected chi connectivity index (χ1v) is 18.2. The molecule has 0 radical (unpaired) electrons. The third kappa shape index (κ3) is 7.51. The lowest BCUT2D eigenvalue weighted by atomic mass is 10.0. The summed E-state index contributed by atoms with van der Waals surface area (Å²) in [6.07, 6.45) is 2.74. The molecule has 6 rings (SSSR count). The molecule has 56 heavy (non-hydrogen) atoms. The van der Waals surface area contributed by atoms with Gasteiger partial charge in [0.1, 0.15) is 22.5 Å². The number of ether oxygens (including phenoxy) is 6. The van der Waals surface area contributed by atoms with Crippen LogP contribution in [0.4, 0.5) is 17.6 Å². The highest BCUT2D eigenvalue weighted by atomic mass is 32.2. The van der Waals surface area contributed by atoms with Crippen LogP contribution >= 0.6 is 0 Å². The van der Waals surface area contributed by atoms with Crippen LogP contribution in [0, 0.1) is 9.81 Å². The van der Waals surface area contributed by atoms with Gasteiger partial charge in [-0.05, 0) is 12.1 Å². The van der Waals surface area contributed by atoms with E-state index in [4.69, 9.17) is 28.4 Å². The number of rotatable bonds is 17. The topological polar surface area (TPSA) is 210 Å². The zero-order valence-electron chi connectivity index (χ0n) is 29.2. The average molecular weight is 823 g/mol. The summed E-state index contributed by atoms with van der Waals surface area (Å²) < 4.78 is 115. The Morgan fingerprint density at radius 2 is 1.02 bits per heavy atom. The van der Waals surface area contributed by atoms with Gasteiger partial charge in [-0.3, -0.25) is 18.4 Å². The number of imidazole rings is 2. The number of benzene rings is 2. The smallest absolute Gasteiger partial charge is 0.387 e. The molecule has 0 saturated heterocycles. The van der Waals surface area contributed by atoms with Gasteiger partial charge in [-0.1, -0.05) is 0 Å². The van der Waals surface area contributed by atoms with Gasteiger partial charge in [0, 0.05) is 47.8 Å². The summed E-state index contributed by atoms with van der Waals surface area (Å²) in [7, 11) is 1.07. The van der Waals surface area contributed by atoms with Gasteiger partial charge in [-0.25, -0.2) is 9.97 Å². The van der Waals surface area contributed by atoms with Crippen molar-refractivity contribution < 1.29 is 54.4 Å². The zero-order chi connectivity index (χ0) is 40.3. The summed E-state index contributed by atoms with van der Waals surface area (Å²) in [4.78, 5) is 41.0. The molecule has 2 unspecified atom stereocenters. The number of methoxy groups -OCH3 is 4. The van der Waals surface area contributed by atoms with E-state index in [1.165, 1.54) is 53.0 Å². The molecule has 18 nitrogen and oxygen atoms in total. The Labute approximate surface area is 316 Å². The summed E-state index contributed by atoms with van der Waals surface area (Å²) in [5.74, 6) is -1.25. The minimum atomic E-state index is -3.48. The molecule has 0 fully saturated rings. The summed E-state index contributed by atoms with van der Waals surface area (Å²) in [6.45, 7) is -6.96. The minimum Gasteiger partial charge on any atom is -0.493 e. The SMILES string of the molecule is COc1ccnc(CS(=O)c2nc3cc(-c4cc5nc(S(=O)Cc6nccc(OC)c6OC)n(N=O)c5cc4OC(F)F)c(OC(F)F)cc3n2N=O)c1OC. The van der Waals surface area contributed by atoms with Crippen molar-refractivity contribution >= 4 is 43.7 Å². The van der Waals surface area contributed by atoms with Crippen molar-refractivity contribution in [2.75, 3.05) is 28.4 Å². The van der Waals surface area contributed by atoms with Crippen LogP contribution in [0.25, 0.3) is 33.2 Å². The fourth-order valence-corrected chi connectivity index (χ4v) is 7.90. The van der Waals surface area contributed by atoms with Crippen molar-refractivity contribution in [3.8, 4) is 45.6 Å². The van der Waals surface area contributed by atoms with Crippen LogP contribution in [-0.4, -0.2) is 79.4 Å². The second kappa shape index (κ2) is 16.6. The van der Waals surface area contributed by atoms with Crippen LogP contribution in [0.2, 0.25) is 0 Å². The van der Waals surface area contributed by atoms with E-state index < -0.39 is 56.6 Å². The van der Waals surface area contributed by atoms with Crippen LogP contribution in [-0.2, 0) is 33.1 Å². The first-order chi connectivity index (χ1) is 27.0. The highest BCUT2D eigenvalue weighted by molar-refractivity contribution is 7.84. The third-order valence-corrected chi connectivity index (χ3v) is 10.4. The molecule has 0 N–H and O–H groups in total. The summed E-state index contributed by atoms with van der Waals surface area (Å²) in [6, 6.07) is 6.98. The van der Waals surface area contributed by atoms with E-state index >= 15 is 0 Å². The van der Waals surface area contributed by atoms with Crippen molar-refractivity contribution in [2.45, 2.75) is 35.0 Å². The van der Waals surface area contributed by atoms with Gasteiger partial charge in [0.15, 0.2) is 23.0 Å². The number of alkyl halides is 4. The molecule has 0 amide bonds. The second-order valence-corrected chi connectivity index (χ2v) is 13.7. The van der Waals surface area contributed by atoms with Gasteiger partial charge in [-0.2, -0.15) is 26.9 Å². The summed E-state index contributed by atoms with van der Waals surface area (Å²) >= 11 is 0. The lowest BCUT2D eigenvalue weighted by Gasteiger charge is -2.15. The van der Waals surface area contributed by atoms with E-state index in [1.54, 1.807) is 0 Å². The largest absolute Gasteiger partial charge is 0.493 e. The van der Waals surface area contributed by atoms with Gasteiger partial charge in [0.2, 0.25) is 10.3 Å². The van der Waals surface area contributed by atoms with Crippen LogP contribution < -0.4 is 28.4 Å². The lowest BCUT2D eigenvalue weighted by molar-refractivity contribution is -0.0513. The Morgan fingerprint density at radius 3 is 1.34 bits per heavy atom. The van der Waals surface area contributed by atoms with Crippen LogP contribution in [0.3, 0.4) is 0 Å². The van der Waals surface area contributed by atoms with E-state index in [-0.39, 0.29) is 79.1 Å². The van der Waals surface area contributed by atoms with Gasteiger partial charge < -0.3 is 28.4 Å². The fraction of sp³-hybridized carbons (Fsp3) is 0.250. The quantitative estimate of drug-likeness (QED) is 0.0792. The van der Waals surface area contributed by atoms with Gasteiger partial charge in [0.05, 0.1) is 94.5 Å². The molecule has 6 aromatic rings. The molecule has 0 saturated carbocycles. The Balaban J connectivity index is 1.50. The number of pyridine rings is 2. The number of hydrogen-bond donors (Lipinski definition) is 0. The molecule has 0 bridgehead atoms. The van der Waals surface area contributed by atoms with Gasteiger partial charge in [-0.15, -0.1) is 9.81 Å². The monoisotopic (exact) mass is 822 g/mol. The molecular weight excluding hydrogens is 797 g/mol. The van der Waals surface area contributed by atoms with Crippen LogP contribution in [0.5, 0.6) is 34.5 Å². The first kappa shape index (κ1) is 39.4. The number of halogens is 4. The van der Waals surface area contributed by atoms with E-state index in [9.17, 15) is 35.8 Å². The Kier molecular flexibility index (Phi) is 11.7. The van der Waals surface area contributed by atoms with Crippen LogP contribution in [0.1, 0.15) is 11.4 Å². The molecule has 0 aliphatic carbocycles. The normalized spacial score (nSPS) is 12.5. The fourth-order valence-electron chi connectivity index (χ4n) is 5.69. The molecule has 2 aromatic carbocycles. The maximum absolute atomic E-state index is 13.9. The van der Waals surface area contributed by atoms with E-state index in [0.717, 1.165) is 24.3 Å². The van der Waals surface area contributed by atoms with Gasteiger partial charge in [0.25, 0.3) is 0 Å². The molecular formula is C32H26F4N8O10S2. The van der Waals surface area contributed by atoms with Gasteiger partial charge >= 0.3 is 13.2 Å². The predicted octanol–water partition coefficient (Wildman–Crippen LogP) is 5.75. The van der Waals surface area contributed by atoms with Crippen molar-refractivity contribution in [3.05, 3.63) is 70.0 Å². The molecule has 4 heterocycles. The highest BCUT2D eigenvalue weighted by Gasteiger charge is 2.28. The Morgan fingerprint density at radius 1 is 0.625 bits per heavy atom. The molecule has 0 spiro atoms. The standard InChI is InChI=1S/C32H26F4N8O10S2/c1-49-23-5-7-37-19(27(23)51-3)13-55(47)31-39-17-9-15(25(53-29(33)34)11-21(17)43(31)41-45)16-10-18-22(12-26(16)54-30(35)36)44(42-46)32(40-18)56(48)14-20-28(52-4)24(50-2)6-8-38-20/h5-12,29-30H,13-14H2,1-4H3. The summed E-state index contributed by atoms with van der Waals surface area (Å²) in [5, 5.41) is 4.87. The van der Waals surface area contributed by atoms with Crippen LogP contribution in [0.15, 0.2) is 69.7 Å². The summed E-state index contributed by atoms with van der Waals surface area (Å²) in [5.41, 5.74) is -1.22. The van der Waals surface area contributed by atoms with E-state index in [0.29, 0.717) is 9.35 Å². The van der Waals surface area contributed by atoms with E-state index in [1.807, 2.05) is 0 Å². The maximum atomic E-state index is 13.9. The lowest BCUT2D eigenvalue weighted by Crippen LogP contribution is -2.07. The second-order valence-electron chi connectivity index (χ2n) is 11.0. The average Bonchev–Trinajstić information content (AvgIpc) is 3.73. The minimum absolute atomic E-state index is 0.151. The molecule has 2 atom stereocenters. The zero-order valence-corrected chi connectivity index (χ0v) is 30.8. The number of nitrogens with zero attached hydrogens (tertiary/aromatic N) is 8. The Hall–Kier alpha value is -6.30. The Bertz CT molecular complexity index is 2350. The molecule has 24 heteroatoms. The van der Waals surface area contributed by atoms with Crippen molar-refractivity contribution in [3.63, 3.8) is 0 Å². The predicted molar refractivity (Wildman–Crippen MR) is 189 cm³/mol. The number of nitroso groups, excluding NO2 is 2.